The highest BCUT2D eigenvalue weighted by Gasteiger charge is 2.32. The van der Waals surface area contributed by atoms with Crippen LogP contribution in [0, 0.1) is 0 Å². The third kappa shape index (κ3) is 3.16. The van der Waals surface area contributed by atoms with Gasteiger partial charge in [0.1, 0.15) is 0 Å². The zero-order valence-electron chi connectivity index (χ0n) is 13.5. The van der Waals surface area contributed by atoms with E-state index in [-0.39, 0.29) is 11.9 Å². The van der Waals surface area contributed by atoms with Gasteiger partial charge in [0, 0.05) is 7.05 Å². The third-order valence-electron chi connectivity index (χ3n) is 4.43. The maximum atomic E-state index is 12.7. The van der Waals surface area contributed by atoms with Crippen LogP contribution in [0.15, 0.2) is 30.3 Å². The summed E-state index contributed by atoms with van der Waals surface area (Å²) in [5.74, 6) is -0.250. The molecule has 1 aliphatic rings. The van der Waals surface area contributed by atoms with Crippen LogP contribution in [0.1, 0.15) is 53.1 Å². The summed E-state index contributed by atoms with van der Waals surface area (Å²) in [6.45, 7) is 2.10. The summed E-state index contributed by atoms with van der Waals surface area (Å²) in [5, 5.41) is 11.5. The van der Waals surface area contributed by atoms with Crippen molar-refractivity contribution in [2.75, 3.05) is 7.05 Å². The lowest BCUT2D eigenvalue weighted by Crippen LogP contribution is -2.36. The normalized spacial score (nSPS) is 18.3. The number of carbonyl (C=O) groups excluding carboxylic acids is 1. The average Bonchev–Trinajstić information content (AvgIpc) is 3.03. The molecule has 1 aromatic carbocycles. The molecule has 0 radical (unpaired) electrons. The first-order valence-electron chi connectivity index (χ1n) is 8.10. The van der Waals surface area contributed by atoms with Crippen LogP contribution >= 0.6 is 11.3 Å². The molecule has 1 aliphatic carbocycles. The summed E-state index contributed by atoms with van der Waals surface area (Å²) in [4.78, 5) is 20.3. The van der Waals surface area contributed by atoms with Gasteiger partial charge in [-0.25, -0.2) is 4.98 Å². The molecule has 2 aromatic rings. The fourth-order valence-electron chi connectivity index (χ4n) is 3.09. The molecule has 1 amide bonds. The Kier molecular flexibility index (Phi) is 4.78. The molecule has 0 saturated heterocycles. The lowest BCUT2D eigenvalue weighted by Gasteiger charge is -2.32. The number of carbonyl (C=O) groups is 1. The topological polar surface area (TPSA) is 53.4 Å². The Morgan fingerprint density at radius 1 is 1.43 bits per heavy atom. The number of benzene rings is 1. The zero-order valence-corrected chi connectivity index (χ0v) is 14.3. The number of rotatable bonds is 4. The van der Waals surface area contributed by atoms with Gasteiger partial charge in [0.15, 0.2) is 6.10 Å². The first kappa shape index (κ1) is 16.1. The Morgan fingerprint density at radius 2 is 2.17 bits per heavy atom. The molecule has 0 bridgehead atoms. The monoisotopic (exact) mass is 330 g/mol. The Balaban J connectivity index is 1.82. The standard InChI is InChI=1S/C18H22N2O2S/c1-3-15-19-13-10-7-11-14(17(13)23-15)20(2)18(22)16(21)12-8-5-4-6-9-12/h4-6,8-9,14,16,21H,3,7,10-11H2,1-2H3. The quantitative estimate of drug-likeness (QED) is 0.936. The predicted molar refractivity (Wildman–Crippen MR) is 91.3 cm³/mol. The number of thiazole rings is 1. The second kappa shape index (κ2) is 6.81. The van der Waals surface area contributed by atoms with Crippen LogP contribution in [0.2, 0.25) is 0 Å². The minimum Gasteiger partial charge on any atom is -0.378 e. The fraction of sp³-hybridized carbons (Fsp3) is 0.444. The van der Waals surface area contributed by atoms with Crippen molar-refractivity contribution < 1.29 is 9.90 Å². The van der Waals surface area contributed by atoms with E-state index in [0.717, 1.165) is 36.4 Å². The number of hydrogen-bond acceptors (Lipinski definition) is 4. The maximum absolute atomic E-state index is 12.7. The van der Waals surface area contributed by atoms with E-state index in [0.29, 0.717) is 5.56 Å². The van der Waals surface area contributed by atoms with Crippen molar-refractivity contribution in [3.05, 3.63) is 51.5 Å². The summed E-state index contributed by atoms with van der Waals surface area (Å²) >= 11 is 1.71. The molecule has 1 N–H and O–H groups in total. The fourth-order valence-corrected chi connectivity index (χ4v) is 4.32. The number of aliphatic hydroxyl groups is 1. The van der Waals surface area contributed by atoms with Gasteiger partial charge in [0.2, 0.25) is 0 Å². The van der Waals surface area contributed by atoms with Crippen molar-refractivity contribution in [1.82, 2.24) is 9.88 Å². The minimum absolute atomic E-state index is 0.0300. The van der Waals surface area contributed by atoms with Gasteiger partial charge in [0.25, 0.3) is 5.91 Å². The number of nitrogens with zero attached hydrogens (tertiary/aromatic N) is 2. The van der Waals surface area contributed by atoms with Gasteiger partial charge >= 0.3 is 0 Å². The molecule has 0 fully saturated rings. The summed E-state index contributed by atoms with van der Waals surface area (Å²) < 4.78 is 0. The Morgan fingerprint density at radius 3 is 2.87 bits per heavy atom. The van der Waals surface area contributed by atoms with E-state index in [1.165, 1.54) is 4.88 Å². The van der Waals surface area contributed by atoms with E-state index in [4.69, 9.17) is 0 Å². The smallest absolute Gasteiger partial charge is 0.256 e. The molecule has 3 rings (SSSR count). The second-order valence-electron chi connectivity index (χ2n) is 5.94. The Hall–Kier alpha value is -1.72. The van der Waals surface area contributed by atoms with E-state index in [1.54, 1.807) is 35.4 Å². The van der Waals surface area contributed by atoms with Crippen LogP contribution in [0.25, 0.3) is 0 Å². The van der Waals surface area contributed by atoms with E-state index >= 15 is 0 Å². The van der Waals surface area contributed by atoms with Crippen LogP contribution in [0.3, 0.4) is 0 Å². The molecule has 2 unspecified atom stereocenters. The van der Waals surface area contributed by atoms with Gasteiger partial charge in [0.05, 0.1) is 21.6 Å². The molecule has 23 heavy (non-hydrogen) atoms. The second-order valence-corrected chi connectivity index (χ2v) is 7.06. The molecule has 0 spiro atoms. The summed E-state index contributed by atoms with van der Waals surface area (Å²) in [6, 6.07) is 9.14. The summed E-state index contributed by atoms with van der Waals surface area (Å²) in [5.41, 5.74) is 1.77. The van der Waals surface area contributed by atoms with Crippen molar-refractivity contribution in [3.8, 4) is 0 Å². The van der Waals surface area contributed by atoms with Gasteiger partial charge in [-0.15, -0.1) is 11.3 Å². The number of fused-ring (bicyclic) bond motifs is 1. The average molecular weight is 330 g/mol. The van der Waals surface area contributed by atoms with E-state index in [9.17, 15) is 9.90 Å². The molecule has 1 aromatic heterocycles. The third-order valence-corrected chi connectivity index (χ3v) is 5.78. The molecule has 4 nitrogen and oxygen atoms in total. The number of aliphatic hydroxyl groups excluding tert-OH is 1. The lowest BCUT2D eigenvalue weighted by atomic mass is 9.96. The largest absolute Gasteiger partial charge is 0.378 e. The Labute approximate surface area is 140 Å². The van der Waals surface area contributed by atoms with Crippen LogP contribution in [-0.2, 0) is 17.6 Å². The number of aryl methyl sites for hydroxylation is 2. The lowest BCUT2D eigenvalue weighted by molar-refractivity contribution is -0.141. The number of aromatic nitrogens is 1. The molecular weight excluding hydrogens is 308 g/mol. The highest BCUT2D eigenvalue weighted by atomic mass is 32.1. The maximum Gasteiger partial charge on any atom is 0.256 e. The number of likely N-dealkylation sites (N-methyl/N-ethyl adjacent to an activating group) is 1. The van der Waals surface area contributed by atoms with Gasteiger partial charge in [-0.1, -0.05) is 37.3 Å². The number of amides is 1. The molecule has 2 atom stereocenters. The van der Waals surface area contributed by atoms with Gasteiger partial charge in [-0.2, -0.15) is 0 Å². The SMILES string of the molecule is CCc1nc2c(s1)C(N(C)C(=O)C(O)c1ccccc1)CCC2. The van der Waals surface area contributed by atoms with E-state index in [2.05, 4.69) is 11.9 Å². The van der Waals surface area contributed by atoms with Gasteiger partial charge < -0.3 is 10.0 Å². The highest BCUT2D eigenvalue weighted by Crippen LogP contribution is 2.38. The highest BCUT2D eigenvalue weighted by molar-refractivity contribution is 7.11. The Bertz CT molecular complexity index is 684. The molecule has 122 valence electrons. The zero-order chi connectivity index (χ0) is 16.4. The van der Waals surface area contributed by atoms with Crippen molar-refractivity contribution >= 4 is 17.2 Å². The van der Waals surface area contributed by atoms with E-state index < -0.39 is 6.10 Å². The molecule has 0 saturated carbocycles. The number of hydrogen-bond donors (Lipinski definition) is 1. The van der Waals surface area contributed by atoms with E-state index in [1.807, 2.05) is 18.2 Å². The molecule has 1 heterocycles. The predicted octanol–water partition coefficient (Wildman–Crippen LogP) is 3.27. The van der Waals surface area contributed by atoms with Gasteiger partial charge in [-0.05, 0) is 31.2 Å². The summed E-state index contributed by atoms with van der Waals surface area (Å²) in [7, 11) is 1.79. The molecular formula is C18H22N2O2S. The van der Waals surface area contributed by atoms with Crippen molar-refractivity contribution in [3.63, 3.8) is 0 Å². The van der Waals surface area contributed by atoms with Crippen molar-refractivity contribution in [1.29, 1.82) is 0 Å². The minimum atomic E-state index is -1.11. The summed E-state index contributed by atoms with van der Waals surface area (Å²) in [6.07, 6.45) is 2.77. The first-order valence-corrected chi connectivity index (χ1v) is 8.91. The van der Waals surface area contributed by atoms with Gasteiger partial charge in [-0.3, -0.25) is 4.79 Å². The first-order chi connectivity index (χ1) is 11.1. The van der Waals surface area contributed by atoms with Crippen LogP contribution in [-0.4, -0.2) is 27.9 Å². The molecule has 0 aliphatic heterocycles. The van der Waals surface area contributed by atoms with Crippen LogP contribution in [0.4, 0.5) is 0 Å². The van der Waals surface area contributed by atoms with Crippen LogP contribution < -0.4 is 0 Å². The van der Waals surface area contributed by atoms with Crippen molar-refractivity contribution in [2.45, 2.75) is 44.8 Å². The molecule has 5 heteroatoms. The van der Waals surface area contributed by atoms with Crippen molar-refractivity contribution in [2.24, 2.45) is 0 Å². The van der Waals surface area contributed by atoms with Crippen LogP contribution in [0.5, 0.6) is 0 Å².